The Morgan fingerprint density at radius 2 is 0.684 bits per heavy atom. The molecule has 0 aliphatic heterocycles. The monoisotopic (exact) mass is 724 g/mol. The zero-order valence-electron chi connectivity index (χ0n) is 30.3. The molecule has 11 rings (SSSR count). The maximum absolute atomic E-state index is 10.5. The molecule has 6 nitrogen and oxygen atoms in total. The van der Waals surface area contributed by atoms with Gasteiger partial charge in [0.15, 0.2) is 0 Å². The summed E-state index contributed by atoms with van der Waals surface area (Å²) in [5.41, 5.74) is 12.2. The van der Waals surface area contributed by atoms with Crippen molar-refractivity contribution < 1.29 is 0 Å². The van der Waals surface area contributed by atoms with Crippen LogP contribution in [0.3, 0.4) is 0 Å². The number of aromatic nitrogens is 3. The minimum Gasteiger partial charge on any atom is -0.309 e. The van der Waals surface area contributed by atoms with Crippen molar-refractivity contribution in [2.24, 2.45) is 0 Å². The van der Waals surface area contributed by atoms with Crippen LogP contribution in [0.2, 0.25) is 0 Å². The molecule has 0 saturated carbocycles. The zero-order chi connectivity index (χ0) is 38.2. The minimum absolute atomic E-state index is 0.499. The Morgan fingerprint density at radius 3 is 1.18 bits per heavy atom. The van der Waals surface area contributed by atoms with E-state index in [0.29, 0.717) is 16.7 Å². The van der Waals surface area contributed by atoms with Gasteiger partial charge in [-0.15, -0.1) is 0 Å². The second-order valence-electron chi connectivity index (χ2n) is 14.4. The molecule has 0 fully saturated rings. The highest BCUT2D eigenvalue weighted by Crippen LogP contribution is 2.39. The number of hydrogen-bond acceptors (Lipinski definition) is 3. The smallest absolute Gasteiger partial charge is 0.0992 e. The summed E-state index contributed by atoms with van der Waals surface area (Å²) < 4.78 is 6.73. The van der Waals surface area contributed by atoms with E-state index in [1.807, 2.05) is 54.6 Å². The zero-order valence-corrected chi connectivity index (χ0v) is 30.3. The van der Waals surface area contributed by atoms with Crippen LogP contribution in [0.15, 0.2) is 170 Å². The maximum Gasteiger partial charge on any atom is 0.0992 e. The van der Waals surface area contributed by atoms with Gasteiger partial charge in [-0.3, -0.25) is 0 Å². The first-order chi connectivity index (χ1) is 28.1. The maximum atomic E-state index is 10.5. The van der Waals surface area contributed by atoms with Crippen LogP contribution in [-0.2, 0) is 0 Å². The molecule has 0 radical (unpaired) electrons. The van der Waals surface area contributed by atoms with Crippen molar-refractivity contribution in [2.45, 2.75) is 0 Å². The highest BCUT2D eigenvalue weighted by molar-refractivity contribution is 6.12. The summed E-state index contributed by atoms with van der Waals surface area (Å²) in [4.78, 5) is 0. The van der Waals surface area contributed by atoms with Gasteiger partial charge < -0.3 is 13.7 Å². The Hall–Kier alpha value is -8.37. The lowest BCUT2D eigenvalue weighted by Crippen LogP contribution is -1.99. The molecular weight excluding hydrogens is 697 g/mol. The van der Waals surface area contributed by atoms with Crippen LogP contribution in [0.25, 0.3) is 93.6 Å². The summed E-state index contributed by atoms with van der Waals surface area (Å²) in [6.45, 7) is 0. The molecule has 57 heavy (non-hydrogen) atoms. The standard InChI is InChI=1S/C51H28N6/c52-29-32-17-20-50-45(25-32)43-12-4-8-16-49(43)56(50)38-23-33(30-53)21-35(26-38)36-22-34(31-54)24-39(27-36)57-48-15-7-3-11-42(48)44-19-18-37(28-51(44)57)55-46-13-5-1-9-40(46)41-10-2-6-14-47(41)55/h1-28H. The molecule has 0 atom stereocenters. The Bertz CT molecular complexity index is 3580. The first kappa shape index (κ1) is 32.1. The highest BCUT2D eigenvalue weighted by atomic mass is 15.0. The Kier molecular flexibility index (Phi) is 6.95. The molecule has 0 saturated heterocycles. The van der Waals surface area contributed by atoms with Crippen LogP contribution in [-0.4, -0.2) is 13.7 Å². The summed E-state index contributed by atoms with van der Waals surface area (Å²) >= 11 is 0. The van der Waals surface area contributed by atoms with E-state index in [-0.39, 0.29) is 0 Å². The molecule has 3 heterocycles. The molecule has 0 bridgehead atoms. The van der Waals surface area contributed by atoms with Crippen LogP contribution in [0.1, 0.15) is 16.7 Å². The Balaban J connectivity index is 1.15. The second kappa shape index (κ2) is 12.3. The fraction of sp³-hybridized carbons (Fsp3) is 0. The lowest BCUT2D eigenvalue weighted by molar-refractivity contribution is 1.15. The third-order valence-electron chi connectivity index (χ3n) is 11.2. The number of hydrogen-bond donors (Lipinski definition) is 0. The number of benzene rings is 8. The van der Waals surface area contributed by atoms with Crippen molar-refractivity contribution in [3.63, 3.8) is 0 Å². The van der Waals surface area contributed by atoms with Gasteiger partial charge in [-0.2, -0.15) is 15.8 Å². The SMILES string of the molecule is N#Cc1cc(-c2cc(C#N)cc(-n3c4ccccc4c4ccc(-n5c6ccccc6c6ccccc65)cc43)c2)cc(-n2c3ccccc3c3cc(C#N)ccc32)c1. The van der Waals surface area contributed by atoms with Crippen LogP contribution in [0, 0.1) is 34.0 Å². The van der Waals surface area contributed by atoms with Crippen molar-refractivity contribution >= 4 is 65.4 Å². The van der Waals surface area contributed by atoms with E-state index in [2.05, 4.69) is 147 Å². The number of fused-ring (bicyclic) bond motifs is 9. The van der Waals surface area contributed by atoms with Crippen molar-refractivity contribution in [1.29, 1.82) is 15.8 Å². The summed E-state index contributed by atoms with van der Waals surface area (Å²) in [6.07, 6.45) is 0. The minimum atomic E-state index is 0.499. The lowest BCUT2D eigenvalue weighted by atomic mass is 9.99. The molecule has 0 spiro atoms. The van der Waals surface area contributed by atoms with Crippen molar-refractivity contribution in [1.82, 2.24) is 13.7 Å². The van der Waals surface area contributed by atoms with Gasteiger partial charge in [-0.05, 0) is 102 Å². The molecule has 6 heteroatoms. The number of rotatable bonds is 4. The van der Waals surface area contributed by atoms with E-state index < -0.39 is 0 Å². The van der Waals surface area contributed by atoms with Gasteiger partial charge >= 0.3 is 0 Å². The highest BCUT2D eigenvalue weighted by Gasteiger charge is 2.19. The first-order valence-electron chi connectivity index (χ1n) is 18.7. The van der Waals surface area contributed by atoms with Gasteiger partial charge in [0.25, 0.3) is 0 Å². The molecular formula is C51H28N6. The van der Waals surface area contributed by atoms with E-state index in [0.717, 1.165) is 82.8 Å². The quantitative estimate of drug-likeness (QED) is 0.181. The Morgan fingerprint density at radius 1 is 0.281 bits per heavy atom. The van der Waals surface area contributed by atoms with E-state index >= 15 is 0 Å². The predicted molar refractivity (Wildman–Crippen MR) is 229 cm³/mol. The van der Waals surface area contributed by atoms with Crippen molar-refractivity contribution in [3.05, 3.63) is 187 Å². The van der Waals surface area contributed by atoms with Gasteiger partial charge in [0, 0.05) is 49.4 Å². The lowest BCUT2D eigenvalue weighted by Gasteiger charge is -2.15. The molecule has 262 valence electrons. The van der Waals surface area contributed by atoms with E-state index in [1.165, 1.54) is 10.8 Å². The second-order valence-corrected chi connectivity index (χ2v) is 14.4. The molecule has 11 aromatic rings. The predicted octanol–water partition coefficient (Wildman–Crippen LogP) is 12.3. The first-order valence-corrected chi connectivity index (χ1v) is 18.7. The normalized spacial score (nSPS) is 11.5. The molecule has 0 aliphatic rings. The van der Waals surface area contributed by atoms with Crippen molar-refractivity contribution in [2.75, 3.05) is 0 Å². The van der Waals surface area contributed by atoms with Gasteiger partial charge in [-0.1, -0.05) is 78.9 Å². The van der Waals surface area contributed by atoms with Crippen molar-refractivity contribution in [3.8, 4) is 46.4 Å². The van der Waals surface area contributed by atoms with Crippen LogP contribution < -0.4 is 0 Å². The molecule has 0 unspecified atom stereocenters. The third kappa shape index (κ3) is 4.81. The molecule has 0 amide bonds. The van der Waals surface area contributed by atoms with Crippen LogP contribution in [0.4, 0.5) is 0 Å². The van der Waals surface area contributed by atoms with E-state index in [9.17, 15) is 15.8 Å². The largest absolute Gasteiger partial charge is 0.309 e. The topological polar surface area (TPSA) is 86.2 Å². The van der Waals surface area contributed by atoms with E-state index in [4.69, 9.17) is 0 Å². The fourth-order valence-corrected chi connectivity index (χ4v) is 8.84. The summed E-state index contributed by atoms with van der Waals surface area (Å²) in [5.74, 6) is 0. The van der Waals surface area contributed by atoms with Crippen LogP contribution >= 0.6 is 0 Å². The molecule has 8 aromatic carbocycles. The van der Waals surface area contributed by atoms with E-state index in [1.54, 1.807) is 0 Å². The number of nitriles is 3. The average Bonchev–Trinajstić information content (AvgIpc) is 3.91. The Labute approximate surface area is 326 Å². The molecule has 0 aliphatic carbocycles. The van der Waals surface area contributed by atoms with Gasteiger partial charge in [0.2, 0.25) is 0 Å². The van der Waals surface area contributed by atoms with Gasteiger partial charge in [-0.25, -0.2) is 0 Å². The fourth-order valence-electron chi connectivity index (χ4n) is 8.84. The number of para-hydroxylation sites is 4. The number of nitrogens with zero attached hydrogens (tertiary/aromatic N) is 6. The summed E-state index contributed by atoms with van der Waals surface area (Å²) in [6, 6.07) is 64.8. The molecule has 0 N–H and O–H groups in total. The molecule has 3 aromatic heterocycles. The average molecular weight is 725 g/mol. The summed E-state index contributed by atoms with van der Waals surface area (Å²) in [5, 5.41) is 37.1. The van der Waals surface area contributed by atoms with Gasteiger partial charge in [0.1, 0.15) is 0 Å². The third-order valence-corrected chi connectivity index (χ3v) is 11.2. The van der Waals surface area contributed by atoms with Crippen LogP contribution in [0.5, 0.6) is 0 Å². The summed E-state index contributed by atoms with van der Waals surface area (Å²) in [7, 11) is 0. The van der Waals surface area contributed by atoms with Gasteiger partial charge in [0.05, 0.1) is 68.0 Å².